The van der Waals surface area contributed by atoms with Crippen molar-refractivity contribution >= 4 is 5.78 Å². The fourth-order valence-electron chi connectivity index (χ4n) is 2.56. The van der Waals surface area contributed by atoms with Crippen molar-refractivity contribution in [3.05, 3.63) is 0 Å². The number of rotatable bonds is 4. The Balaban J connectivity index is 2.44. The van der Waals surface area contributed by atoms with Crippen molar-refractivity contribution in [1.82, 2.24) is 4.90 Å². The van der Waals surface area contributed by atoms with Crippen LogP contribution in [-0.2, 0) is 9.53 Å². The average Bonchev–Trinajstić information content (AvgIpc) is 2.27. The molecule has 0 amide bonds. The number of ether oxygens (including phenoxy) is 1. The monoisotopic (exact) mass is 269 g/mol. The van der Waals surface area contributed by atoms with E-state index in [0.717, 1.165) is 6.54 Å². The lowest BCUT2D eigenvalue weighted by atomic mass is 9.91. The van der Waals surface area contributed by atoms with Crippen molar-refractivity contribution < 1.29 is 9.53 Å². The molecule has 0 saturated carbocycles. The van der Waals surface area contributed by atoms with Gasteiger partial charge in [-0.3, -0.25) is 9.69 Å². The van der Waals surface area contributed by atoms with Gasteiger partial charge in [-0.25, -0.2) is 0 Å². The third kappa shape index (κ3) is 5.23. The number of ketones is 1. The van der Waals surface area contributed by atoms with Crippen LogP contribution in [0, 0.1) is 5.41 Å². The van der Waals surface area contributed by atoms with Gasteiger partial charge in [-0.1, -0.05) is 27.2 Å². The predicted octanol–water partition coefficient (Wildman–Crippen LogP) is 3.27. The minimum absolute atomic E-state index is 0.183. The van der Waals surface area contributed by atoms with Crippen LogP contribution in [0.25, 0.3) is 0 Å². The third-order valence-electron chi connectivity index (χ3n) is 3.87. The molecule has 1 aliphatic heterocycles. The highest BCUT2D eigenvalue weighted by atomic mass is 16.5. The van der Waals surface area contributed by atoms with Crippen LogP contribution in [0.1, 0.15) is 60.8 Å². The first-order valence-electron chi connectivity index (χ1n) is 7.50. The molecule has 0 spiro atoms. The van der Waals surface area contributed by atoms with Crippen molar-refractivity contribution in [2.75, 3.05) is 19.8 Å². The molecule has 1 unspecified atom stereocenters. The number of hydrogen-bond acceptors (Lipinski definition) is 3. The quantitative estimate of drug-likeness (QED) is 0.784. The van der Waals surface area contributed by atoms with Gasteiger partial charge in [0.05, 0.1) is 6.61 Å². The van der Waals surface area contributed by atoms with Gasteiger partial charge in [0.25, 0.3) is 0 Å². The van der Waals surface area contributed by atoms with E-state index in [2.05, 4.69) is 25.7 Å². The number of piperidine rings is 1. The molecule has 0 aromatic heterocycles. The fraction of sp³-hybridized carbons (Fsp3) is 0.938. The summed E-state index contributed by atoms with van der Waals surface area (Å²) in [5, 5.41) is 0. The van der Waals surface area contributed by atoms with E-state index in [1.54, 1.807) is 0 Å². The zero-order valence-corrected chi connectivity index (χ0v) is 13.6. The summed E-state index contributed by atoms with van der Waals surface area (Å²) in [7, 11) is 0. The minimum atomic E-state index is -0.295. The topological polar surface area (TPSA) is 29.5 Å². The van der Waals surface area contributed by atoms with Gasteiger partial charge in [0.2, 0.25) is 0 Å². The molecule has 0 bridgehead atoms. The Morgan fingerprint density at radius 3 is 2.32 bits per heavy atom. The molecule has 1 saturated heterocycles. The third-order valence-corrected chi connectivity index (χ3v) is 3.87. The summed E-state index contributed by atoms with van der Waals surface area (Å²) in [5.74, 6) is 0.186. The van der Waals surface area contributed by atoms with Crippen LogP contribution in [0.3, 0.4) is 0 Å². The second-order valence-corrected chi connectivity index (χ2v) is 7.70. The molecule has 0 aliphatic carbocycles. The molecule has 1 aliphatic rings. The van der Waals surface area contributed by atoms with Crippen LogP contribution >= 0.6 is 0 Å². The number of hydrogen-bond donors (Lipinski definition) is 0. The Kier molecular flexibility index (Phi) is 5.57. The molecular formula is C16H31NO2. The normalized spacial score (nSPS) is 22.5. The van der Waals surface area contributed by atoms with Gasteiger partial charge < -0.3 is 4.74 Å². The molecule has 0 aromatic carbocycles. The summed E-state index contributed by atoms with van der Waals surface area (Å²) in [5.41, 5.74) is -0.112. The van der Waals surface area contributed by atoms with Crippen molar-refractivity contribution in [3.63, 3.8) is 0 Å². The number of carbonyl (C=O) groups excluding carboxylic acids is 1. The van der Waals surface area contributed by atoms with Gasteiger partial charge in [0.15, 0.2) is 5.78 Å². The van der Waals surface area contributed by atoms with Crippen LogP contribution in [0.2, 0.25) is 0 Å². The number of likely N-dealkylation sites (tertiary alicyclic amines) is 1. The summed E-state index contributed by atoms with van der Waals surface area (Å²) in [6, 6.07) is 0.460. The molecule has 1 rings (SSSR count). The number of carbonyl (C=O) groups is 1. The van der Waals surface area contributed by atoms with E-state index in [1.165, 1.54) is 19.3 Å². The van der Waals surface area contributed by atoms with Crippen molar-refractivity contribution in [2.45, 2.75) is 72.4 Å². The summed E-state index contributed by atoms with van der Waals surface area (Å²) in [4.78, 5) is 14.4. The predicted molar refractivity (Wildman–Crippen MR) is 79.4 cm³/mol. The summed E-state index contributed by atoms with van der Waals surface area (Å²) in [6.07, 6.45) is 3.73. The maximum atomic E-state index is 11.8. The zero-order valence-electron chi connectivity index (χ0n) is 13.6. The Bertz CT molecular complexity index is 299. The van der Waals surface area contributed by atoms with Gasteiger partial charge in [-0.05, 0) is 40.2 Å². The first-order valence-corrected chi connectivity index (χ1v) is 7.50. The molecule has 3 nitrogen and oxygen atoms in total. The zero-order chi connectivity index (χ0) is 14.7. The minimum Gasteiger partial charge on any atom is -0.372 e. The van der Waals surface area contributed by atoms with E-state index in [1.807, 2.05) is 20.8 Å². The smallest absolute Gasteiger partial charge is 0.163 e. The highest BCUT2D eigenvalue weighted by Gasteiger charge is 2.31. The van der Waals surface area contributed by atoms with Crippen LogP contribution < -0.4 is 0 Å². The van der Waals surface area contributed by atoms with Crippen LogP contribution in [-0.4, -0.2) is 42.0 Å². The molecule has 1 fully saturated rings. The lowest BCUT2D eigenvalue weighted by Gasteiger charge is -2.44. The first-order chi connectivity index (χ1) is 8.62. The van der Waals surface area contributed by atoms with Crippen LogP contribution in [0.15, 0.2) is 0 Å². The average molecular weight is 269 g/mol. The highest BCUT2D eigenvalue weighted by molar-refractivity contribution is 5.84. The van der Waals surface area contributed by atoms with E-state index >= 15 is 0 Å². The molecule has 19 heavy (non-hydrogen) atoms. The first kappa shape index (κ1) is 16.6. The molecular weight excluding hydrogens is 238 g/mol. The Morgan fingerprint density at radius 2 is 1.79 bits per heavy atom. The fourth-order valence-corrected chi connectivity index (χ4v) is 2.56. The maximum absolute atomic E-state index is 11.8. The largest absolute Gasteiger partial charge is 0.372 e. The van der Waals surface area contributed by atoms with E-state index in [0.29, 0.717) is 12.6 Å². The van der Waals surface area contributed by atoms with Crippen molar-refractivity contribution in [3.8, 4) is 0 Å². The second kappa shape index (κ2) is 6.36. The summed E-state index contributed by atoms with van der Waals surface area (Å²) >= 11 is 0. The van der Waals surface area contributed by atoms with E-state index in [9.17, 15) is 4.79 Å². The standard InChI is InChI=1S/C16H31NO2/c1-15(2,3)14(18)12-19-11-13-9-7-8-10-17(13)16(4,5)6/h13H,7-12H2,1-6H3. The lowest BCUT2D eigenvalue weighted by Crippen LogP contribution is -2.52. The van der Waals surface area contributed by atoms with E-state index in [4.69, 9.17) is 4.74 Å². The van der Waals surface area contributed by atoms with Crippen LogP contribution in [0.5, 0.6) is 0 Å². The molecule has 1 atom stereocenters. The summed E-state index contributed by atoms with van der Waals surface area (Å²) in [6.45, 7) is 14.7. The molecule has 0 radical (unpaired) electrons. The Morgan fingerprint density at radius 1 is 1.16 bits per heavy atom. The van der Waals surface area contributed by atoms with Gasteiger partial charge in [0, 0.05) is 17.0 Å². The maximum Gasteiger partial charge on any atom is 0.163 e. The highest BCUT2D eigenvalue weighted by Crippen LogP contribution is 2.25. The molecule has 0 N–H and O–H groups in total. The van der Waals surface area contributed by atoms with E-state index < -0.39 is 0 Å². The number of Topliss-reactive ketones (excluding diaryl/α,β-unsaturated/α-hetero) is 1. The molecule has 112 valence electrons. The Hall–Kier alpha value is -0.410. The molecule has 1 heterocycles. The Labute approximate surface area is 118 Å². The van der Waals surface area contributed by atoms with Gasteiger partial charge in [-0.15, -0.1) is 0 Å². The van der Waals surface area contributed by atoms with E-state index in [-0.39, 0.29) is 23.3 Å². The van der Waals surface area contributed by atoms with Crippen LogP contribution in [0.4, 0.5) is 0 Å². The van der Waals surface area contributed by atoms with Gasteiger partial charge >= 0.3 is 0 Å². The lowest BCUT2D eigenvalue weighted by molar-refractivity contribution is -0.132. The van der Waals surface area contributed by atoms with Crippen molar-refractivity contribution in [1.29, 1.82) is 0 Å². The molecule has 0 aromatic rings. The van der Waals surface area contributed by atoms with Gasteiger partial charge in [-0.2, -0.15) is 0 Å². The number of nitrogens with zero attached hydrogens (tertiary/aromatic N) is 1. The van der Waals surface area contributed by atoms with Gasteiger partial charge in [0.1, 0.15) is 6.61 Å². The SMILES string of the molecule is CC(C)(C)C(=O)COCC1CCCCN1C(C)(C)C. The molecule has 3 heteroatoms. The summed E-state index contributed by atoms with van der Waals surface area (Å²) < 4.78 is 5.70. The van der Waals surface area contributed by atoms with Crippen molar-refractivity contribution in [2.24, 2.45) is 5.41 Å². The second-order valence-electron chi connectivity index (χ2n) is 7.70.